The number of carbonyl (C=O) groups is 1. The number of fused-ring (bicyclic) bond motifs is 1. The molecule has 0 radical (unpaired) electrons. The van der Waals surface area contributed by atoms with Gasteiger partial charge in [-0.1, -0.05) is 49.6 Å². The van der Waals surface area contributed by atoms with Crippen molar-refractivity contribution in [2.75, 3.05) is 0 Å². The first-order valence-electron chi connectivity index (χ1n) is 10.5. The Balaban J connectivity index is 1.72. The second kappa shape index (κ2) is 8.24. The third kappa shape index (κ3) is 4.12. The van der Waals surface area contributed by atoms with Gasteiger partial charge < -0.3 is 9.88 Å². The lowest BCUT2D eigenvalue weighted by Gasteiger charge is -2.34. The summed E-state index contributed by atoms with van der Waals surface area (Å²) in [5.74, 6) is 0.0263. The predicted molar refractivity (Wildman–Crippen MR) is 117 cm³/mol. The lowest BCUT2D eigenvalue weighted by atomic mass is 9.93. The fourth-order valence-electron chi connectivity index (χ4n) is 4.39. The number of H-pyrrole nitrogens is 1. The van der Waals surface area contributed by atoms with Gasteiger partial charge in [0.2, 0.25) is 0 Å². The van der Waals surface area contributed by atoms with Gasteiger partial charge in [0.1, 0.15) is 0 Å². The summed E-state index contributed by atoms with van der Waals surface area (Å²) in [7, 11) is 0. The zero-order chi connectivity index (χ0) is 20.4. The molecule has 3 aromatic rings. The molecule has 1 aliphatic carbocycles. The van der Waals surface area contributed by atoms with Crippen molar-refractivity contribution >= 4 is 16.8 Å². The van der Waals surface area contributed by atoms with Gasteiger partial charge in [-0.25, -0.2) is 0 Å². The summed E-state index contributed by atoms with van der Waals surface area (Å²) < 4.78 is 0. The van der Waals surface area contributed by atoms with E-state index in [0.29, 0.717) is 12.1 Å². The second-order valence-corrected chi connectivity index (χ2v) is 8.25. The van der Waals surface area contributed by atoms with Crippen LogP contribution in [0.25, 0.3) is 10.9 Å². The molecule has 0 atom stereocenters. The molecule has 4 rings (SSSR count). The van der Waals surface area contributed by atoms with E-state index >= 15 is 0 Å². The minimum Gasteiger partial charge on any atom is -0.331 e. The number of pyridine rings is 1. The molecule has 1 fully saturated rings. The summed E-state index contributed by atoms with van der Waals surface area (Å²) in [5, 5.41) is 0.997. The monoisotopic (exact) mass is 388 g/mol. The van der Waals surface area contributed by atoms with E-state index in [1.165, 1.54) is 6.42 Å². The Morgan fingerprint density at radius 1 is 1.03 bits per heavy atom. The van der Waals surface area contributed by atoms with Gasteiger partial charge in [-0.3, -0.25) is 9.59 Å². The number of hydrogen-bond acceptors (Lipinski definition) is 2. The minimum absolute atomic E-state index is 0.0263. The van der Waals surface area contributed by atoms with Crippen LogP contribution in [0.4, 0.5) is 0 Å². The lowest BCUT2D eigenvalue weighted by molar-refractivity contribution is 0.0612. The first kappa shape index (κ1) is 19.4. The van der Waals surface area contributed by atoms with Gasteiger partial charge >= 0.3 is 0 Å². The molecule has 4 nitrogen and oxygen atoms in total. The molecular weight excluding hydrogens is 360 g/mol. The largest absolute Gasteiger partial charge is 0.331 e. The first-order chi connectivity index (χ1) is 14.0. The van der Waals surface area contributed by atoms with Crippen LogP contribution in [-0.4, -0.2) is 21.8 Å². The highest BCUT2D eigenvalue weighted by Crippen LogP contribution is 2.26. The minimum atomic E-state index is -0.110. The van der Waals surface area contributed by atoms with Crippen molar-refractivity contribution in [2.45, 2.75) is 58.5 Å². The molecule has 4 heteroatoms. The average molecular weight is 389 g/mol. The van der Waals surface area contributed by atoms with Crippen LogP contribution in [-0.2, 0) is 6.54 Å². The number of nitrogens with zero attached hydrogens (tertiary/aromatic N) is 1. The normalized spacial score (nSPS) is 14.8. The zero-order valence-electron chi connectivity index (χ0n) is 17.2. The molecule has 1 heterocycles. The molecule has 0 saturated heterocycles. The van der Waals surface area contributed by atoms with E-state index in [-0.39, 0.29) is 17.5 Å². The number of amides is 1. The summed E-state index contributed by atoms with van der Waals surface area (Å²) in [6.45, 7) is 4.33. The molecule has 0 spiro atoms. The SMILES string of the molecule is Cc1ccc2cc(CN(C(=O)c3ccccc3C)C3CCCCC3)c(=O)[nH]c2c1. The molecular formula is C25H28N2O2. The van der Waals surface area contributed by atoms with E-state index in [1.807, 2.05) is 67.3 Å². The van der Waals surface area contributed by atoms with Crippen LogP contribution in [0.5, 0.6) is 0 Å². The number of benzene rings is 2. The van der Waals surface area contributed by atoms with Crippen LogP contribution in [0.3, 0.4) is 0 Å². The Kier molecular flexibility index (Phi) is 5.52. The van der Waals surface area contributed by atoms with Gasteiger partial charge in [-0.2, -0.15) is 0 Å². The maximum Gasteiger partial charge on any atom is 0.254 e. The molecule has 0 aliphatic heterocycles. The molecule has 1 N–H and O–H groups in total. The standard InChI is InChI=1S/C25H28N2O2/c1-17-12-13-19-15-20(24(28)26-23(19)14-17)16-27(21-9-4-3-5-10-21)25(29)22-11-7-6-8-18(22)2/h6-8,11-15,21H,3-5,9-10,16H2,1-2H3,(H,26,28). The maximum atomic E-state index is 13.5. The summed E-state index contributed by atoms with van der Waals surface area (Å²) in [6, 6.07) is 15.9. The molecule has 150 valence electrons. The lowest BCUT2D eigenvalue weighted by Crippen LogP contribution is -2.42. The van der Waals surface area contributed by atoms with E-state index < -0.39 is 0 Å². The van der Waals surface area contributed by atoms with Gasteiger partial charge in [0, 0.05) is 22.7 Å². The fourth-order valence-corrected chi connectivity index (χ4v) is 4.39. The number of nitrogens with one attached hydrogen (secondary N) is 1. The summed E-state index contributed by atoms with van der Waals surface area (Å²) in [4.78, 5) is 31.2. The van der Waals surface area contributed by atoms with Crippen LogP contribution in [0.2, 0.25) is 0 Å². The molecule has 1 saturated carbocycles. The van der Waals surface area contributed by atoms with E-state index in [9.17, 15) is 9.59 Å². The number of aromatic amines is 1. The van der Waals surface area contributed by atoms with Crippen molar-refractivity contribution < 1.29 is 4.79 Å². The highest BCUT2D eigenvalue weighted by atomic mass is 16.2. The van der Waals surface area contributed by atoms with Crippen molar-refractivity contribution in [3.05, 3.63) is 81.1 Å². The topological polar surface area (TPSA) is 53.2 Å². The van der Waals surface area contributed by atoms with Gasteiger partial charge in [-0.15, -0.1) is 0 Å². The predicted octanol–water partition coefficient (Wildman–Crippen LogP) is 5.12. The Hall–Kier alpha value is -2.88. The third-order valence-electron chi connectivity index (χ3n) is 6.07. The molecule has 1 aliphatic rings. The van der Waals surface area contributed by atoms with Gasteiger partial charge in [0.05, 0.1) is 6.54 Å². The Morgan fingerprint density at radius 3 is 2.55 bits per heavy atom. The summed E-state index contributed by atoms with van der Waals surface area (Å²) >= 11 is 0. The van der Waals surface area contributed by atoms with Gasteiger partial charge in [-0.05, 0) is 61.4 Å². The third-order valence-corrected chi connectivity index (χ3v) is 6.07. The molecule has 1 aromatic heterocycles. The van der Waals surface area contributed by atoms with Crippen LogP contribution in [0, 0.1) is 13.8 Å². The van der Waals surface area contributed by atoms with Crippen molar-refractivity contribution in [1.82, 2.24) is 9.88 Å². The number of aromatic nitrogens is 1. The number of hydrogen-bond donors (Lipinski definition) is 1. The average Bonchev–Trinajstić information content (AvgIpc) is 2.73. The van der Waals surface area contributed by atoms with Crippen LogP contribution < -0.4 is 5.56 Å². The summed E-state index contributed by atoms with van der Waals surface area (Å²) in [6.07, 6.45) is 5.49. The number of aryl methyl sites for hydroxylation is 2. The fraction of sp³-hybridized carbons (Fsp3) is 0.360. The van der Waals surface area contributed by atoms with E-state index in [0.717, 1.165) is 53.3 Å². The molecule has 2 aromatic carbocycles. The van der Waals surface area contributed by atoms with Crippen LogP contribution >= 0.6 is 0 Å². The zero-order valence-corrected chi connectivity index (χ0v) is 17.2. The Morgan fingerprint density at radius 2 is 1.79 bits per heavy atom. The molecule has 0 unspecified atom stereocenters. The second-order valence-electron chi connectivity index (χ2n) is 8.25. The van der Waals surface area contributed by atoms with Crippen LogP contribution in [0.1, 0.15) is 59.2 Å². The number of carbonyl (C=O) groups excluding carboxylic acids is 1. The van der Waals surface area contributed by atoms with E-state index in [4.69, 9.17) is 0 Å². The first-order valence-corrected chi connectivity index (χ1v) is 10.5. The van der Waals surface area contributed by atoms with Gasteiger partial charge in [0.25, 0.3) is 11.5 Å². The van der Waals surface area contributed by atoms with Crippen molar-refractivity contribution in [3.63, 3.8) is 0 Å². The Bertz CT molecular complexity index is 1090. The highest BCUT2D eigenvalue weighted by Gasteiger charge is 2.28. The Labute approximate surface area is 171 Å². The summed E-state index contributed by atoms with van der Waals surface area (Å²) in [5.41, 5.74) is 4.19. The highest BCUT2D eigenvalue weighted by molar-refractivity contribution is 5.95. The quantitative estimate of drug-likeness (QED) is 0.674. The number of rotatable bonds is 4. The molecule has 29 heavy (non-hydrogen) atoms. The van der Waals surface area contributed by atoms with Crippen LogP contribution in [0.15, 0.2) is 53.3 Å². The smallest absolute Gasteiger partial charge is 0.254 e. The van der Waals surface area contributed by atoms with E-state index in [1.54, 1.807) is 0 Å². The van der Waals surface area contributed by atoms with Crippen molar-refractivity contribution in [1.29, 1.82) is 0 Å². The van der Waals surface area contributed by atoms with E-state index in [2.05, 4.69) is 4.98 Å². The van der Waals surface area contributed by atoms with Crippen molar-refractivity contribution in [2.24, 2.45) is 0 Å². The maximum absolute atomic E-state index is 13.5. The van der Waals surface area contributed by atoms with Crippen molar-refractivity contribution in [3.8, 4) is 0 Å². The molecule has 1 amide bonds. The van der Waals surface area contributed by atoms with Gasteiger partial charge in [0.15, 0.2) is 0 Å². The molecule has 0 bridgehead atoms.